The molecule has 2 spiro atoms. The predicted molar refractivity (Wildman–Crippen MR) is 136 cm³/mol. The molecule has 190 valence electrons. The van der Waals surface area contributed by atoms with Crippen molar-refractivity contribution in [2.75, 3.05) is 5.32 Å². The molecule has 2 aromatic rings. The van der Waals surface area contributed by atoms with E-state index < -0.39 is 28.7 Å². The number of aliphatic hydroxyl groups is 1. The topological polar surface area (TPSA) is 90.5 Å². The summed E-state index contributed by atoms with van der Waals surface area (Å²) in [6.07, 6.45) is 4.51. The van der Waals surface area contributed by atoms with Crippen molar-refractivity contribution in [1.29, 1.82) is 0 Å². The number of halogens is 3. The molecule has 0 radical (unpaired) electrons. The summed E-state index contributed by atoms with van der Waals surface area (Å²) >= 11 is 12.5. The molecule has 2 saturated carbocycles. The predicted octanol–water partition coefficient (Wildman–Crippen LogP) is 4.42. The SMILES string of the molecule is O=C(NC1CCC(O)CC1)[C@@H]1NC2(CCC2)[C@@]2(C(=O)Nc3cc(Cl)ccc32)[C@H]1c1cccc(Cl)c1F. The Morgan fingerprint density at radius 1 is 1.11 bits per heavy atom. The fraction of sp³-hybridized carbons (Fsp3) is 0.481. The molecule has 2 aliphatic carbocycles. The highest BCUT2D eigenvalue weighted by Crippen LogP contribution is 2.64. The van der Waals surface area contributed by atoms with Gasteiger partial charge in [-0.2, -0.15) is 0 Å². The number of fused-ring (bicyclic) bond motifs is 3. The van der Waals surface area contributed by atoms with Gasteiger partial charge in [0.05, 0.1) is 17.2 Å². The highest BCUT2D eigenvalue weighted by molar-refractivity contribution is 6.31. The van der Waals surface area contributed by atoms with Crippen LogP contribution in [0.5, 0.6) is 0 Å². The lowest BCUT2D eigenvalue weighted by Gasteiger charge is -2.50. The van der Waals surface area contributed by atoms with Crippen LogP contribution in [0.2, 0.25) is 10.0 Å². The van der Waals surface area contributed by atoms with E-state index in [4.69, 9.17) is 23.2 Å². The molecule has 2 heterocycles. The molecule has 1 saturated heterocycles. The molecular formula is C27H28Cl2FN3O3. The third-order valence-electron chi connectivity index (χ3n) is 8.85. The van der Waals surface area contributed by atoms with Gasteiger partial charge in [-0.1, -0.05) is 41.4 Å². The van der Waals surface area contributed by atoms with Gasteiger partial charge in [-0.05, 0) is 74.3 Å². The number of amides is 2. The molecule has 36 heavy (non-hydrogen) atoms. The summed E-state index contributed by atoms with van der Waals surface area (Å²) in [5.74, 6) is -1.96. The molecule has 3 fully saturated rings. The number of hydrogen-bond donors (Lipinski definition) is 4. The van der Waals surface area contributed by atoms with Crippen molar-refractivity contribution >= 4 is 40.7 Å². The minimum atomic E-state index is -1.21. The van der Waals surface area contributed by atoms with Crippen molar-refractivity contribution in [2.24, 2.45) is 0 Å². The number of anilines is 1. The minimum Gasteiger partial charge on any atom is -0.393 e. The number of rotatable bonds is 3. The summed E-state index contributed by atoms with van der Waals surface area (Å²) in [5, 5.41) is 20.0. The number of hydrogen-bond acceptors (Lipinski definition) is 4. The van der Waals surface area contributed by atoms with E-state index in [2.05, 4.69) is 16.0 Å². The Labute approximate surface area is 218 Å². The smallest absolute Gasteiger partial charge is 0.238 e. The fourth-order valence-electron chi connectivity index (χ4n) is 7.10. The zero-order valence-electron chi connectivity index (χ0n) is 19.6. The Bertz CT molecular complexity index is 1240. The van der Waals surface area contributed by atoms with Crippen LogP contribution in [0.3, 0.4) is 0 Å². The highest BCUT2D eigenvalue weighted by atomic mass is 35.5. The van der Waals surface area contributed by atoms with E-state index in [-0.39, 0.29) is 34.5 Å². The molecule has 0 unspecified atom stereocenters. The average molecular weight is 532 g/mol. The molecule has 9 heteroatoms. The van der Waals surface area contributed by atoms with E-state index in [0.717, 1.165) is 12.0 Å². The summed E-state index contributed by atoms with van der Waals surface area (Å²) in [5.41, 5.74) is -0.349. The quantitative estimate of drug-likeness (QED) is 0.471. The van der Waals surface area contributed by atoms with Gasteiger partial charge in [-0.25, -0.2) is 4.39 Å². The lowest BCUT2D eigenvalue weighted by molar-refractivity contribution is -0.125. The fourth-order valence-corrected chi connectivity index (χ4v) is 7.46. The molecule has 2 amide bonds. The Kier molecular flexibility index (Phi) is 5.83. The van der Waals surface area contributed by atoms with Gasteiger partial charge in [-0.15, -0.1) is 0 Å². The van der Waals surface area contributed by atoms with Gasteiger partial charge in [0, 0.05) is 28.2 Å². The van der Waals surface area contributed by atoms with Crippen molar-refractivity contribution in [1.82, 2.24) is 10.6 Å². The second-order valence-electron chi connectivity index (χ2n) is 10.6. The van der Waals surface area contributed by atoms with E-state index in [1.165, 1.54) is 6.07 Å². The van der Waals surface area contributed by atoms with Crippen molar-refractivity contribution in [3.8, 4) is 0 Å². The van der Waals surface area contributed by atoms with Crippen LogP contribution < -0.4 is 16.0 Å². The largest absolute Gasteiger partial charge is 0.393 e. The molecule has 4 aliphatic rings. The number of carbonyl (C=O) groups excluding carboxylic acids is 2. The van der Waals surface area contributed by atoms with Crippen LogP contribution in [0.15, 0.2) is 36.4 Å². The van der Waals surface area contributed by atoms with Gasteiger partial charge < -0.3 is 15.7 Å². The second-order valence-corrected chi connectivity index (χ2v) is 11.5. The first-order chi connectivity index (χ1) is 17.3. The first-order valence-corrected chi connectivity index (χ1v) is 13.3. The normalized spacial score (nSPS) is 32.3. The molecule has 6 nitrogen and oxygen atoms in total. The van der Waals surface area contributed by atoms with Crippen LogP contribution in [-0.2, 0) is 15.0 Å². The highest BCUT2D eigenvalue weighted by Gasteiger charge is 2.74. The van der Waals surface area contributed by atoms with Crippen LogP contribution in [0, 0.1) is 5.82 Å². The molecule has 6 rings (SSSR count). The molecule has 4 N–H and O–H groups in total. The van der Waals surface area contributed by atoms with Crippen molar-refractivity contribution in [3.05, 3.63) is 63.4 Å². The van der Waals surface area contributed by atoms with Crippen LogP contribution >= 0.6 is 23.2 Å². The Balaban J connectivity index is 1.50. The van der Waals surface area contributed by atoms with E-state index in [1.807, 2.05) is 6.07 Å². The number of carbonyl (C=O) groups is 2. The second kappa shape index (κ2) is 8.69. The molecule has 2 aliphatic heterocycles. The van der Waals surface area contributed by atoms with E-state index in [9.17, 15) is 14.7 Å². The minimum absolute atomic E-state index is 0.0487. The van der Waals surface area contributed by atoms with Gasteiger partial charge in [0.25, 0.3) is 0 Å². The lowest BCUT2D eigenvalue weighted by Crippen LogP contribution is -2.63. The number of aliphatic hydroxyl groups excluding tert-OH is 1. The number of nitrogens with one attached hydrogen (secondary N) is 3. The summed E-state index contributed by atoms with van der Waals surface area (Å²) in [6.45, 7) is 0. The van der Waals surface area contributed by atoms with Crippen LogP contribution in [-0.4, -0.2) is 40.6 Å². The van der Waals surface area contributed by atoms with Crippen molar-refractivity contribution in [3.63, 3.8) is 0 Å². The molecular weight excluding hydrogens is 504 g/mol. The first kappa shape index (κ1) is 24.2. The Hall–Kier alpha value is -2.19. The molecule has 3 atom stereocenters. The van der Waals surface area contributed by atoms with Gasteiger partial charge >= 0.3 is 0 Å². The maximum absolute atomic E-state index is 15.7. The monoisotopic (exact) mass is 531 g/mol. The van der Waals surface area contributed by atoms with E-state index >= 15 is 4.39 Å². The summed E-state index contributed by atoms with van der Waals surface area (Å²) < 4.78 is 15.7. The lowest BCUT2D eigenvalue weighted by atomic mass is 9.53. The molecule has 0 bridgehead atoms. The third-order valence-corrected chi connectivity index (χ3v) is 9.38. The molecule has 0 aromatic heterocycles. The Morgan fingerprint density at radius 3 is 2.56 bits per heavy atom. The first-order valence-electron chi connectivity index (χ1n) is 12.6. The van der Waals surface area contributed by atoms with Gasteiger partial charge in [0.1, 0.15) is 11.2 Å². The zero-order valence-corrected chi connectivity index (χ0v) is 21.1. The summed E-state index contributed by atoms with van der Waals surface area (Å²) in [6, 6.07) is 9.11. The Morgan fingerprint density at radius 2 is 1.86 bits per heavy atom. The van der Waals surface area contributed by atoms with E-state index in [0.29, 0.717) is 49.2 Å². The van der Waals surface area contributed by atoms with E-state index in [1.54, 1.807) is 24.3 Å². The van der Waals surface area contributed by atoms with Crippen LogP contribution in [0.1, 0.15) is 62.0 Å². The van der Waals surface area contributed by atoms with Gasteiger partial charge in [0.15, 0.2) is 0 Å². The standard InChI is InChI=1S/C27H28Cl2FN3O3/c28-14-5-10-18-20(13-14)32-25(36)27(18)21(17-3-1-4-19(29)22(17)30)23(33-26(27)11-2-12-26)24(35)31-15-6-8-16(34)9-7-15/h1,3-5,10,13,15-16,21,23,33-34H,2,6-9,11-12H2,(H,31,35)(H,32,36)/t15?,16?,21-,23+,27+/m0/s1. The van der Waals surface area contributed by atoms with Crippen molar-refractivity contribution in [2.45, 2.75) is 80.0 Å². The maximum Gasteiger partial charge on any atom is 0.238 e. The number of benzene rings is 2. The van der Waals surface area contributed by atoms with Crippen LogP contribution in [0.4, 0.5) is 10.1 Å². The summed E-state index contributed by atoms with van der Waals surface area (Å²) in [4.78, 5) is 27.9. The maximum atomic E-state index is 15.7. The van der Waals surface area contributed by atoms with Crippen molar-refractivity contribution < 1.29 is 19.1 Å². The molecule has 2 aromatic carbocycles. The van der Waals surface area contributed by atoms with Gasteiger partial charge in [0.2, 0.25) is 11.8 Å². The van der Waals surface area contributed by atoms with Gasteiger partial charge in [-0.3, -0.25) is 14.9 Å². The summed E-state index contributed by atoms with van der Waals surface area (Å²) in [7, 11) is 0. The van der Waals surface area contributed by atoms with Crippen LogP contribution in [0.25, 0.3) is 0 Å². The average Bonchev–Trinajstić information content (AvgIpc) is 3.30. The third kappa shape index (κ3) is 3.36. The zero-order chi connectivity index (χ0) is 25.2.